The molecule has 2 aliphatic heterocycles. The summed E-state index contributed by atoms with van der Waals surface area (Å²) < 4.78 is 0. The van der Waals surface area contributed by atoms with E-state index < -0.39 is 34.8 Å². The van der Waals surface area contributed by atoms with Gasteiger partial charge in [-0.25, -0.2) is 9.96 Å². The van der Waals surface area contributed by atoms with Crippen LogP contribution >= 0.6 is 11.6 Å². The smallest absolute Gasteiger partial charge is 0.273 e. The number of imide groups is 1. The molecule has 2 amide bonds. The summed E-state index contributed by atoms with van der Waals surface area (Å²) in [4.78, 5) is 44.7. The Morgan fingerprint density at radius 3 is 2.12 bits per heavy atom. The van der Waals surface area contributed by atoms with Crippen molar-refractivity contribution in [1.82, 2.24) is 0 Å². The van der Waals surface area contributed by atoms with Gasteiger partial charge in [-0.15, -0.1) is 0 Å². The van der Waals surface area contributed by atoms with E-state index in [1.165, 1.54) is 17.2 Å². The van der Waals surface area contributed by atoms with E-state index in [1.54, 1.807) is 60.7 Å². The lowest BCUT2D eigenvalue weighted by atomic mass is 9.90. The number of benzene rings is 3. The zero-order valence-corrected chi connectivity index (χ0v) is 17.3. The number of amides is 2. The number of rotatable bonds is 4. The fraction of sp³-hybridized carbons (Fsp3) is 0.130. The highest BCUT2D eigenvalue weighted by atomic mass is 35.5. The van der Waals surface area contributed by atoms with Crippen LogP contribution in [0.2, 0.25) is 5.02 Å². The van der Waals surface area contributed by atoms with Crippen LogP contribution in [0.5, 0.6) is 0 Å². The number of hydrogen-bond acceptors (Lipinski definition) is 6. The number of hydrogen-bond donors (Lipinski definition) is 0. The van der Waals surface area contributed by atoms with Crippen molar-refractivity contribution in [3.05, 3.63) is 99.6 Å². The van der Waals surface area contributed by atoms with Crippen molar-refractivity contribution in [2.45, 2.75) is 12.1 Å². The Bertz CT molecular complexity index is 1220. The number of carbonyl (C=O) groups is 2. The maximum atomic E-state index is 13.5. The molecule has 160 valence electrons. The number of anilines is 2. The molecule has 0 spiro atoms. The predicted octanol–water partition coefficient (Wildman–Crippen LogP) is 4.30. The van der Waals surface area contributed by atoms with Crippen molar-refractivity contribution in [2.75, 3.05) is 9.96 Å². The average molecular weight is 450 g/mol. The second kappa shape index (κ2) is 7.74. The third-order valence-corrected chi connectivity index (χ3v) is 5.97. The van der Waals surface area contributed by atoms with E-state index in [0.29, 0.717) is 16.9 Å². The SMILES string of the molecule is O=C1[C@H]2[C@@H](c3ccc(Cl)c([N+](=O)[O-])c3)N(c3ccccc3)O[C@H]2C(=O)N1c1ccccc1. The summed E-state index contributed by atoms with van der Waals surface area (Å²) in [6, 6.07) is 21.2. The molecule has 8 nitrogen and oxygen atoms in total. The lowest BCUT2D eigenvalue weighted by Gasteiger charge is -2.28. The Morgan fingerprint density at radius 2 is 1.50 bits per heavy atom. The van der Waals surface area contributed by atoms with Crippen LogP contribution in [0.15, 0.2) is 78.9 Å². The minimum atomic E-state index is -1.05. The van der Waals surface area contributed by atoms with Gasteiger partial charge in [-0.3, -0.25) is 24.5 Å². The summed E-state index contributed by atoms with van der Waals surface area (Å²) in [5.74, 6) is -1.78. The molecule has 3 aromatic carbocycles. The van der Waals surface area contributed by atoms with Gasteiger partial charge in [0.25, 0.3) is 11.6 Å². The van der Waals surface area contributed by atoms with Crippen molar-refractivity contribution in [3.8, 4) is 0 Å². The zero-order valence-electron chi connectivity index (χ0n) is 16.5. The first-order valence-electron chi connectivity index (χ1n) is 9.85. The molecule has 2 heterocycles. The number of para-hydroxylation sites is 2. The van der Waals surface area contributed by atoms with Crippen LogP contribution in [0, 0.1) is 16.0 Å². The Hall–Kier alpha value is -3.75. The standard InChI is InChI=1S/C23H16ClN3O5/c24-17-12-11-14(13-18(17)27(30)31)20-19-21(32-26(20)16-9-5-2-6-10-16)23(29)25(22(19)28)15-7-3-1-4-8-15/h1-13,19-21H/t19-,20+,21+/m0/s1. The van der Waals surface area contributed by atoms with Crippen LogP contribution in [-0.4, -0.2) is 22.8 Å². The number of carbonyl (C=O) groups excluding carboxylic acids is 2. The quantitative estimate of drug-likeness (QED) is 0.335. The molecule has 0 N–H and O–H groups in total. The van der Waals surface area contributed by atoms with E-state index in [9.17, 15) is 19.7 Å². The Morgan fingerprint density at radius 1 is 0.875 bits per heavy atom. The molecule has 3 atom stereocenters. The van der Waals surface area contributed by atoms with Crippen LogP contribution < -0.4 is 9.96 Å². The first-order valence-corrected chi connectivity index (χ1v) is 10.2. The topological polar surface area (TPSA) is 93.0 Å². The molecule has 0 unspecified atom stereocenters. The Balaban J connectivity index is 1.63. The molecule has 2 saturated heterocycles. The molecule has 0 aliphatic carbocycles. The van der Waals surface area contributed by atoms with Crippen molar-refractivity contribution in [2.24, 2.45) is 5.92 Å². The molecular weight excluding hydrogens is 434 g/mol. The van der Waals surface area contributed by atoms with Gasteiger partial charge in [0.05, 0.1) is 22.3 Å². The minimum Gasteiger partial charge on any atom is -0.273 e. The number of hydroxylamine groups is 1. The third kappa shape index (κ3) is 3.12. The number of nitrogens with zero attached hydrogens (tertiary/aromatic N) is 3. The first-order chi connectivity index (χ1) is 15.5. The van der Waals surface area contributed by atoms with Gasteiger partial charge in [0.15, 0.2) is 6.10 Å². The molecule has 2 aliphatic rings. The lowest BCUT2D eigenvalue weighted by Crippen LogP contribution is -2.37. The van der Waals surface area contributed by atoms with E-state index in [2.05, 4.69) is 0 Å². The number of nitro groups is 1. The maximum absolute atomic E-state index is 13.5. The van der Waals surface area contributed by atoms with Gasteiger partial charge in [-0.05, 0) is 35.9 Å². The molecule has 9 heteroatoms. The van der Waals surface area contributed by atoms with Crippen LogP contribution in [0.4, 0.5) is 17.1 Å². The second-order valence-electron chi connectivity index (χ2n) is 7.47. The van der Waals surface area contributed by atoms with Gasteiger partial charge in [-0.2, -0.15) is 0 Å². The van der Waals surface area contributed by atoms with E-state index in [4.69, 9.17) is 16.4 Å². The van der Waals surface area contributed by atoms with Gasteiger partial charge < -0.3 is 0 Å². The highest BCUT2D eigenvalue weighted by Crippen LogP contribution is 2.48. The maximum Gasteiger partial charge on any atom is 0.288 e. The van der Waals surface area contributed by atoms with Gasteiger partial charge in [0.1, 0.15) is 10.9 Å². The summed E-state index contributed by atoms with van der Waals surface area (Å²) >= 11 is 6.00. The van der Waals surface area contributed by atoms with Crippen molar-refractivity contribution in [1.29, 1.82) is 0 Å². The monoisotopic (exact) mass is 449 g/mol. The largest absolute Gasteiger partial charge is 0.288 e. The van der Waals surface area contributed by atoms with Crippen LogP contribution in [-0.2, 0) is 14.4 Å². The van der Waals surface area contributed by atoms with Crippen LogP contribution in [0.3, 0.4) is 0 Å². The van der Waals surface area contributed by atoms with Gasteiger partial charge in [0, 0.05) is 6.07 Å². The third-order valence-electron chi connectivity index (χ3n) is 5.65. The highest BCUT2D eigenvalue weighted by molar-refractivity contribution is 6.32. The Kier molecular flexibility index (Phi) is 4.88. The Labute approximate surface area is 187 Å². The van der Waals surface area contributed by atoms with Gasteiger partial charge >= 0.3 is 0 Å². The first kappa shape index (κ1) is 20.2. The van der Waals surface area contributed by atoms with Gasteiger partial charge in [-0.1, -0.05) is 54.1 Å². The number of nitro benzene ring substituents is 1. The number of fused-ring (bicyclic) bond motifs is 1. The average Bonchev–Trinajstić information content (AvgIpc) is 3.31. The lowest BCUT2D eigenvalue weighted by molar-refractivity contribution is -0.384. The molecule has 32 heavy (non-hydrogen) atoms. The predicted molar refractivity (Wildman–Crippen MR) is 117 cm³/mol. The van der Waals surface area contributed by atoms with Crippen molar-refractivity contribution < 1.29 is 19.3 Å². The molecule has 0 radical (unpaired) electrons. The summed E-state index contributed by atoms with van der Waals surface area (Å²) in [6.45, 7) is 0. The zero-order chi connectivity index (χ0) is 22.4. The fourth-order valence-corrected chi connectivity index (χ4v) is 4.42. The molecule has 3 aromatic rings. The molecule has 5 rings (SSSR count). The minimum absolute atomic E-state index is 0.0137. The summed E-state index contributed by atoms with van der Waals surface area (Å²) in [5, 5.41) is 12.9. The van der Waals surface area contributed by atoms with E-state index in [-0.39, 0.29) is 10.7 Å². The number of halogens is 1. The summed E-state index contributed by atoms with van der Waals surface area (Å²) in [5.41, 5.74) is 1.25. The fourth-order valence-electron chi connectivity index (χ4n) is 4.24. The summed E-state index contributed by atoms with van der Waals surface area (Å²) in [6.07, 6.45) is -1.05. The van der Waals surface area contributed by atoms with Crippen molar-refractivity contribution in [3.63, 3.8) is 0 Å². The van der Waals surface area contributed by atoms with E-state index >= 15 is 0 Å². The molecule has 0 aromatic heterocycles. The normalized spacial score (nSPS) is 22.3. The van der Waals surface area contributed by atoms with Crippen molar-refractivity contribution >= 4 is 40.5 Å². The second-order valence-corrected chi connectivity index (χ2v) is 7.88. The van der Waals surface area contributed by atoms with Crippen LogP contribution in [0.25, 0.3) is 0 Å². The summed E-state index contributed by atoms with van der Waals surface area (Å²) in [7, 11) is 0. The van der Waals surface area contributed by atoms with E-state index in [1.807, 2.05) is 6.07 Å². The molecular formula is C23H16ClN3O5. The van der Waals surface area contributed by atoms with Crippen LogP contribution in [0.1, 0.15) is 11.6 Å². The highest BCUT2D eigenvalue weighted by Gasteiger charge is 2.60. The van der Waals surface area contributed by atoms with Gasteiger partial charge in [0.2, 0.25) is 5.91 Å². The molecule has 0 bridgehead atoms. The molecule has 0 saturated carbocycles. The molecule has 2 fully saturated rings. The van der Waals surface area contributed by atoms with E-state index in [0.717, 1.165) is 4.90 Å².